The van der Waals surface area contributed by atoms with E-state index in [1.165, 1.54) is 36.8 Å². The van der Waals surface area contributed by atoms with Gasteiger partial charge >= 0.3 is 0 Å². The molecule has 3 nitrogen and oxygen atoms in total. The number of hydrogen-bond donors (Lipinski definition) is 1. The molecule has 0 radical (unpaired) electrons. The maximum atomic E-state index is 6.80. The van der Waals surface area contributed by atoms with Crippen LogP contribution in [0.3, 0.4) is 0 Å². The Morgan fingerprint density at radius 1 is 1.24 bits per heavy atom. The van der Waals surface area contributed by atoms with Crippen LogP contribution in [0, 0.1) is 0 Å². The van der Waals surface area contributed by atoms with Gasteiger partial charge in [0.1, 0.15) is 5.75 Å². The number of ether oxygens (including phenoxy) is 1. The highest BCUT2D eigenvalue weighted by Crippen LogP contribution is 2.44. The Kier molecular flexibility index (Phi) is 4.23. The number of hydrogen-bond acceptors (Lipinski definition) is 3. The zero-order chi connectivity index (χ0) is 14.9. The van der Waals surface area contributed by atoms with Gasteiger partial charge in [-0.25, -0.2) is 0 Å². The van der Waals surface area contributed by atoms with Crippen LogP contribution in [0.15, 0.2) is 18.2 Å². The van der Waals surface area contributed by atoms with Crippen molar-refractivity contribution in [3.63, 3.8) is 0 Å². The molecule has 21 heavy (non-hydrogen) atoms. The van der Waals surface area contributed by atoms with Crippen molar-refractivity contribution in [2.45, 2.75) is 57.5 Å². The first-order valence-electron chi connectivity index (χ1n) is 8.47. The topological polar surface area (TPSA) is 38.5 Å². The molecule has 3 heteroatoms. The Morgan fingerprint density at radius 2 is 1.95 bits per heavy atom. The van der Waals surface area contributed by atoms with Crippen molar-refractivity contribution in [1.29, 1.82) is 0 Å². The van der Waals surface area contributed by atoms with Gasteiger partial charge in [-0.1, -0.05) is 38.8 Å². The number of nitrogens with two attached hydrogens (primary N) is 1. The highest BCUT2D eigenvalue weighted by Gasteiger charge is 2.44. The van der Waals surface area contributed by atoms with Gasteiger partial charge in [-0.05, 0) is 43.1 Å². The van der Waals surface area contributed by atoms with E-state index in [1.807, 2.05) is 0 Å². The molecular formula is C18H28N2O. The molecule has 1 saturated carbocycles. The quantitative estimate of drug-likeness (QED) is 0.903. The highest BCUT2D eigenvalue weighted by atomic mass is 16.5. The Labute approximate surface area is 128 Å². The molecule has 1 aliphatic heterocycles. The Hall–Kier alpha value is -1.06. The first-order valence-corrected chi connectivity index (χ1v) is 8.47. The minimum Gasteiger partial charge on any atom is -0.493 e. The first kappa shape index (κ1) is 14.9. The van der Waals surface area contributed by atoms with Crippen LogP contribution in [0.25, 0.3) is 0 Å². The fourth-order valence-corrected chi connectivity index (χ4v) is 4.37. The summed E-state index contributed by atoms with van der Waals surface area (Å²) in [6.45, 7) is 7.49. The second-order valence-corrected chi connectivity index (χ2v) is 6.43. The van der Waals surface area contributed by atoms with Crippen LogP contribution < -0.4 is 10.5 Å². The smallest absolute Gasteiger partial charge is 0.122 e. The van der Waals surface area contributed by atoms with Crippen molar-refractivity contribution in [3.8, 4) is 5.75 Å². The van der Waals surface area contributed by atoms with Crippen LogP contribution in [0.5, 0.6) is 5.75 Å². The zero-order valence-corrected chi connectivity index (χ0v) is 13.4. The molecule has 1 aromatic rings. The first-order chi connectivity index (χ1) is 10.2. The molecule has 0 aromatic heterocycles. The van der Waals surface area contributed by atoms with Gasteiger partial charge in [0.15, 0.2) is 0 Å². The van der Waals surface area contributed by atoms with E-state index in [2.05, 4.69) is 36.9 Å². The summed E-state index contributed by atoms with van der Waals surface area (Å²) in [6, 6.07) is 6.68. The van der Waals surface area contributed by atoms with E-state index >= 15 is 0 Å². The molecule has 1 unspecified atom stereocenters. The lowest BCUT2D eigenvalue weighted by atomic mass is 9.82. The SMILES string of the molecule is CCN(CC)C1(C(N)c2ccc3c(c2)CCO3)CCCC1. The van der Waals surface area contributed by atoms with Crippen molar-refractivity contribution >= 4 is 0 Å². The van der Waals surface area contributed by atoms with Crippen molar-refractivity contribution in [2.75, 3.05) is 19.7 Å². The Bertz CT molecular complexity index is 490. The maximum absolute atomic E-state index is 6.80. The van der Waals surface area contributed by atoms with Crippen molar-refractivity contribution in [3.05, 3.63) is 29.3 Å². The monoisotopic (exact) mass is 288 g/mol. The predicted molar refractivity (Wildman–Crippen MR) is 86.7 cm³/mol. The van der Waals surface area contributed by atoms with Crippen LogP contribution in [-0.2, 0) is 6.42 Å². The lowest BCUT2D eigenvalue weighted by Crippen LogP contribution is -2.53. The molecule has 1 aromatic carbocycles. The van der Waals surface area contributed by atoms with E-state index in [0.717, 1.165) is 31.9 Å². The van der Waals surface area contributed by atoms with E-state index < -0.39 is 0 Å². The molecule has 3 rings (SSSR count). The number of likely N-dealkylation sites (N-methyl/N-ethyl adjacent to an activating group) is 1. The van der Waals surface area contributed by atoms with Crippen molar-refractivity contribution in [1.82, 2.24) is 4.90 Å². The Balaban J connectivity index is 1.92. The van der Waals surface area contributed by atoms with E-state index in [1.54, 1.807) is 0 Å². The number of nitrogens with zero attached hydrogens (tertiary/aromatic N) is 1. The fraction of sp³-hybridized carbons (Fsp3) is 0.667. The number of benzene rings is 1. The standard InChI is InChI=1S/C18H28N2O/c1-3-20(4-2)18(10-5-6-11-18)17(19)15-7-8-16-14(13-15)9-12-21-16/h7-8,13,17H,3-6,9-12,19H2,1-2H3. The number of rotatable bonds is 5. The van der Waals surface area contributed by atoms with E-state index in [4.69, 9.17) is 10.5 Å². The molecule has 0 saturated heterocycles. The van der Waals surface area contributed by atoms with Crippen LogP contribution in [-0.4, -0.2) is 30.1 Å². The average molecular weight is 288 g/mol. The lowest BCUT2D eigenvalue weighted by Gasteiger charge is -2.45. The van der Waals surface area contributed by atoms with Gasteiger partial charge in [-0.15, -0.1) is 0 Å². The second kappa shape index (κ2) is 5.98. The molecule has 1 aliphatic carbocycles. The maximum Gasteiger partial charge on any atom is 0.122 e. The van der Waals surface area contributed by atoms with Gasteiger partial charge in [-0.3, -0.25) is 4.90 Å². The molecule has 2 aliphatic rings. The summed E-state index contributed by atoms with van der Waals surface area (Å²) in [4.78, 5) is 2.59. The molecule has 0 amide bonds. The third kappa shape index (κ3) is 2.47. The Morgan fingerprint density at radius 3 is 2.62 bits per heavy atom. The van der Waals surface area contributed by atoms with Crippen LogP contribution in [0.2, 0.25) is 0 Å². The van der Waals surface area contributed by atoms with Crippen LogP contribution in [0.1, 0.15) is 56.7 Å². The molecular weight excluding hydrogens is 260 g/mol. The normalized spacial score (nSPS) is 21.3. The summed E-state index contributed by atoms with van der Waals surface area (Å²) in [5, 5.41) is 0. The van der Waals surface area contributed by atoms with E-state index in [0.29, 0.717) is 0 Å². The van der Waals surface area contributed by atoms with Gasteiger partial charge < -0.3 is 10.5 Å². The molecule has 2 N–H and O–H groups in total. The summed E-state index contributed by atoms with van der Waals surface area (Å²) < 4.78 is 5.62. The molecule has 1 heterocycles. The van der Waals surface area contributed by atoms with Gasteiger partial charge in [0, 0.05) is 18.0 Å². The highest BCUT2D eigenvalue weighted by molar-refractivity contribution is 5.41. The summed E-state index contributed by atoms with van der Waals surface area (Å²) in [5.74, 6) is 1.05. The summed E-state index contributed by atoms with van der Waals surface area (Å²) in [6.07, 6.45) is 6.08. The van der Waals surface area contributed by atoms with Crippen molar-refractivity contribution in [2.24, 2.45) is 5.73 Å². The molecule has 1 fully saturated rings. The predicted octanol–water partition coefficient (Wildman–Crippen LogP) is 3.28. The largest absolute Gasteiger partial charge is 0.493 e. The fourth-order valence-electron chi connectivity index (χ4n) is 4.37. The van der Waals surface area contributed by atoms with Gasteiger partial charge in [0.05, 0.1) is 6.61 Å². The van der Waals surface area contributed by atoms with Crippen LogP contribution in [0.4, 0.5) is 0 Å². The molecule has 0 bridgehead atoms. The third-order valence-corrected chi connectivity index (χ3v) is 5.51. The molecule has 0 spiro atoms. The third-order valence-electron chi connectivity index (χ3n) is 5.51. The van der Waals surface area contributed by atoms with E-state index in [9.17, 15) is 0 Å². The second-order valence-electron chi connectivity index (χ2n) is 6.43. The number of fused-ring (bicyclic) bond motifs is 1. The van der Waals surface area contributed by atoms with Crippen LogP contribution >= 0.6 is 0 Å². The molecule has 116 valence electrons. The summed E-state index contributed by atoms with van der Waals surface area (Å²) in [5.41, 5.74) is 9.56. The van der Waals surface area contributed by atoms with Crippen molar-refractivity contribution < 1.29 is 4.74 Å². The van der Waals surface area contributed by atoms with E-state index in [-0.39, 0.29) is 11.6 Å². The van der Waals surface area contributed by atoms with Gasteiger partial charge in [0.25, 0.3) is 0 Å². The average Bonchev–Trinajstić information content (AvgIpc) is 3.16. The minimum atomic E-state index is 0.103. The zero-order valence-electron chi connectivity index (χ0n) is 13.4. The lowest BCUT2D eigenvalue weighted by molar-refractivity contribution is 0.0770. The summed E-state index contributed by atoms with van der Waals surface area (Å²) in [7, 11) is 0. The van der Waals surface area contributed by atoms with Gasteiger partial charge in [0.2, 0.25) is 0 Å². The summed E-state index contributed by atoms with van der Waals surface area (Å²) >= 11 is 0. The molecule has 1 atom stereocenters. The minimum absolute atomic E-state index is 0.103. The van der Waals surface area contributed by atoms with Gasteiger partial charge in [-0.2, -0.15) is 0 Å².